The predicted octanol–water partition coefficient (Wildman–Crippen LogP) is 6.50. The zero-order valence-electron chi connectivity index (χ0n) is 23.8. The van der Waals surface area contributed by atoms with Crippen LogP contribution < -0.4 is 0 Å². The highest BCUT2D eigenvalue weighted by atomic mass is 32.2. The van der Waals surface area contributed by atoms with Crippen molar-refractivity contribution in [2.24, 2.45) is 33.0 Å². The summed E-state index contributed by atoms with van der Waals surface area (Å²) in [6.45, 7) is 14.8. The van der Waals surface area contributed by atoms with E-state index in [9.17, 15) is 33.1 Å². The van der Waals surface area contributed by atoms with Crippen molar-refractivity contribution in [3.8, 4) is 11.5 Å². The van der Waals surface area contributed by atoms with E-state index in [2.05, 4.69) is 34.6 Å². The van der Waals surface area contributed by atoms with Crippen LogP contribution in [0.15, 0.2) is 6.07 Å². The maximum absolute atomic E-state index is 12.9. The molecule has 1 aromatic carbocycles. The van der Waals surface area contributed by atoms with Gasteiger partial charge >= 0.3 is 5.97 Å². The monoisotopic (exact) mass is 548 g/mol. The number of carboxylic acids is 1. The molecule has 0 spiro atoms. The third kappa shape index (κ3) is 3.10. The van der Waals surface area contributed by atoms with Gasteiger partial charge in [0.05, 0.1) is 5.41 Å². The number of rotatable bonds is 2. The number of carboxylic acid groups (broad SMARTS) is 1. The molecular weight excluding hydrogens is 504 g/mol. The van der Waals surface area contributed by atoms with E-state index in [1.54, 1.807) is 6.92 Å². The summed E-state index contributed by atoms with van der Waals surface area (Å²) in [6.07, 6.45) is 5.71. The fraction of sp³-hybridized carbons (Fsp3) is 0.767. The second kappa shape index (κ2) is 7.68. The van der Waals surface area contributed by atoms with Gasteiger partial charge in [0.1, 0.15) is 5.25 Å². The van der Waals surface area contributed by atoms with E-state index in [0.717, 1.165) is 32.1 Å². The van der Waals surface area contributed by atoms with Crippen LogP contribution in [0.5, 0.6) is 11.5 Å². The van der Waals surface area contributed by atoms with Crippen LogP contribution in [0.2, 0.25) is 0 Å². The van der Waals surface area contributed by atoms with E-state index in [-0.39, 0.29) is 45.5 Å². The Labute approximate surface area is 226 Å². The highest BCUT2D eigenvalue weighted by Gasteiger charge is 2.73. The first kappa shape index (κ1) is 27.8. The van der Waals surface area contributed by atoms with Crippen LogP contribution in [0.25, 0.3) is 0 Å². The number of phenolic OH excluding ortho intramolecular Hbond substituents is 2. The van der Waals surface area contributed by atoms with Gasteiger partial charge in [-0.3, -0.25) is 9.35 Å². The number of carbonyl (C=O) groups is 1. The molecule has 3 fully saturated rings. The number of fused-ring (bicyclic) bond motifs is 7. The van der Waals surface area contributed by atoms with Crippen molar-refractivity contribution in [1.29, 1.82) is 0 Å². The summed E-state index contributed by atoms with van der Waals surface area (Å²) in [5.41, 5.74) is -0.811. The highest BCUT2D eigenvalue weighted by Crippen LogP contribution is 2.80. The van der Waals surface area contributed by atoms with Gasteiger partial charge in [0.15, 0.2) is 11.5 Å². The molecule has 3 saturated carbocycles. The topological polar surface area (TPSA) is 132 Å². The lowest BCUT2D eigenvalue weighted by Gasteiger charge is -2.76. The summed E-state index contributed by atoms with van der Waals surface area (Å²) in [4.78, 5) is 12.5. The maximum atomic E-state index is 12.9. The lowest BCUT2D eigenvalue weighted by Crippen LogP contribution is -2.70. The number of benzene rings is 1. The van der Waals surface area contributed by atoms with Crippen LogP contribution in [0.4, 0.5) is 0 Å². The Morgan fingerprint density at radius 2 is 1.53 bits per heavy atom. The van der Waals surface area contributed by atoms with Gasteiger partial charge in [-0.2, -0.15) is 8.42 Å². The summed E-state index contributed by atoms with van der Waals surface area (Å²) in [6, 6.07) is 1.52. The predicted molar refractivity (Wildman–Crippen MR) is 145 cm³/mol. The largest absolute Gasteiger partial charge is 0.504 e. The lowest BCUT2D eigenvalue weighted by molar-refractivity contribution is -0.262. The summed E-state index contributed by atoms with van der Waals surface area (Å²) >= 11 is 0. The minimum atomic E-state index is -4.50. The minimum Gasteiger partial charge on any atom is -0.504 e. The molecule has 8 heteroatoms. The summed E-state index contributed by atoms with van der Waals surface area (Å²) in [5.74, 6) is -1.50. The first-order chi connectivity index (χ1) is 17.2. The van der Waals surface area contributed by atoms with E-state index in [4.69, 9.17) is 0 Å². The van der Waals surface area contributed by atoms with Gasteiger partial charge in [-0.15, -0.1) is 0 Å². The molecule has 0 bridgehead atoms. The molecule has 8 atom stereocenters. The fourth-order valence-electron chi connectivity index (χ4n) is 10.4. The number of aromatic hydroxyl groups is 2. The van der Waals surface area contributed by atoms with Gasteiger partial charge in [-0.05, 0) is 121 Å². The number of hydrogen-bond acceptors (Lipinski definition) is 5. The van der Waals surface area contributed by atoms with E-state index >= 15 is 0 Å². The molecule has 212 valence electrons. The third-order valence-electron chi connectivity index (χ3n) is 13.5. The van der Waals surface area contributed by atoms with Crippen molar-refractivity contribution in [2.45, 2.75) is 110 Å². The number of aliphatic carboxylic acids is 1. The van der Waals surface area contributed by atoms with E-state index in [0.29, 0.717) is 29.5 Å². The molecular formula is C30H44O7S. The van der Waals surface area contributed by atoms with Gasteiger partial charge < -0.3 is 15.3 Å². The summed E-state index contributed by atoms with van der Waals surface area (Å²) in [5, 5.41) is 30.2. The minimum absolute atomic E-state index is 0.0281. The molecule has 0 heterocycles. The van der Waals surface area contributed by atoms with Crippen LogP contribution in [0, 0.1) is 39.9 Å². The Kier molecular flexibility index (Phi) is 5.61. The van der Waals surface area contributed by atoms with Crippen molar-refractivity contribution in [3.05, 3.63) is 22.8 Å². The Morgan fingerprint density at radius 3 is 2.11 bits per heavy atom. The van der Waals surface area contributed by atoms with Crippen molar-refractivity contribution in [3.63, 3.8) is 0 Å². The molecule has 0 aromatic heterocycles. The lowest BCUT2D eigenvalue weighted by atomic mass is 9.28. The van der Waals surface area contributed by atoms with Crippen molar-refractivity contribution in [1.82, 2.24) is 0 Å². The Bertz CT molecular complexity index is 1340. The van der Waals surface area contributed by atoms with Gasteiger partial charge in [-0.1, -0.05) is 34.6 Å². The second-order valence-corrected chi connectivity index (χ2v) is 16.3. The van der Waals surface area contributed by atoms with E-state index in [1.165, 1.54) is 6.07 Å². The first-order valence-corrected chi connectivity index (χ1v) is 15.5. The summed E-state index contributed by atoms with van der Waals surface area (Å²) in [7, 11) is -4.50. The van der Waals surface area contributed by atoms with Gasteiger partial charge in [0.2, 0.25) is 0 Å². The fourth-order valence-corrected chi connectivity index (χ4v) is 11.5. The molecule has 5 rings (SSSR count). The van der Waals surface area contributed by atoms with Gasteiger partial charge in [0, 0.05) is 0 Å². The average molecular weight is 549 g/mol. The molecule has 0 radical (unpaired) electrons. The van der Waals surface area contributed by atoms with Crippen molar-refractivity contribution >= 4 is 16.1 Å². The molecule has 0 amide bonds. The maximum Gasteiger partial charge on any atom is 0.309 e. The van der Waals surface area contributed by atoms with Crippen LogP contribution in [0.1, 0.15) is 115 Å². The number of phenols is 2. The third-order valence-corrected chi connectivity index (χ3v) is 14.6. The molecule has 0 aliphatic heterocycles. The van der Waals surface area contributed by atoms with Crippen molar-refractivity contribution < 1.29 is 33.1 Å². The van der Waals surface area contributed by atoms with Gasteiger partial charge in [-0.25, -0.2) is 0 Å². The standard InChI is InChI=1S/C30H44O7S/c1-17-22-18(14-19(31)23(17)32)27(4)11-13-29(6)28(5,21(27)15-20(22)38(35,36)37)12-10-26(3)9-8-25(2,24(33)34)16-30(26,29)7/h14,20-21,31-32H,8-13,15-16H2,1-7H3,(H,33,34)(H,35,36,37)/t20?,21?,25-,26-,27+,28-,29-,30-/m1/s1. The Hall–Kier alpha value is -1.80. The van der Waals surface area contributed by atoms with Crippen LogP contribution in [-0.2, 0) is 20.3 Å². The molecule has 1 aromatic rings. The number of hydrogen-bond donors (Lipinski definition) is 4. The van der Waals surface area contributed by atoms with Crippen LogP contribution in [-0.4, -0.2) is 34.3 Å². The van der Waals surface area contributed by atoms with Crippen LogP contribution >= 0.6 is 0 Å². The Balaban J connectivity index is 1.73. The van der Waals surface area contributed by atoms with Crippen LogP contribution in [0.3, 0.4) is 0 Å². The molecule has 38 heavy (non-hydrogen) atoms. The second-order valence-electron chi connectivity index (χ2n) is 14.7. The quantitative estimate of drug-likeness (QED) is 0.245. The molecule has 4 aliphatic carbocycles. The van der Waals surface area contributed by atoms with E-state index < -0.39 is 32.2 Å². The smallest absolute Gasteiger partial charge is 0.309 e. The van der Waals surface area contributed by atoms with Gasteiger partial charge in [0.25, 0.3) is 10.1 Å². The SMILES string of the molecule is Cc1c(O)c(O)cc2c1C(S(=O)(=O)O)CC1[C@@]2(C)CC[C@@]2(C)[C@]3(C)C[C@](C)(C(=O)O)CC[C@]3(C)CC[C@]12C. The first-order valence-electron chi connectivity index (χ1n) is 14.0. The molecule has 4 aliphatic rings. The normalized spacial score (nSPS) is 46.3. The van der Waals surface area contributed by atoms with Crippen molar-refractivity contribution in [2.75, 3.05) is 0 Å². The molecule has 4 N–H and O–H groups in total. The van der Waals surface area contributed by atoms with E-state index in [1.807, 2.05) is 6.92 Å². The summed E-state index contributed by atoms with van der Waals surface area (Å²) < 4.78 is 36.2. The zero-order valence-corrected chi connectivity index (χ0v) is 24.6. The average Bonchev–Trinajstić information content (AvgIpc) is 2.81. The zero-order chi connectivity index (χ0) is 28.5. The Morgan fingerprint density at radius 1 is 0.921 bits per heavy atom. The molecule has 7 nitrogen and oxygen atoms in total. The molecule has 2 unspecified atom stereocenters. The molecule has 0 saturated heterocycles. The highest BCUT2D eigenvalue weighted by molar-refractivity contribution is 7.86.